The Bertz CT molecular complexity index is 766. The first-order chi connectivity index (χ1) is 10.4. The average molecular weight is 302 g/mol. The lowest BCUT2D eigenvalue weighted by Gasteiger charge is -2.20. The second-order valence-electron chi connectivity index (χ2n) is 5.27. The van der Waals surface area contributed by atoms with Crippen molar-refractivity contribution in [1.82, 2.24) is 10.3 Å². The summed E-state index contributed by atoms with van der Waals surface area (Å²) in [5, 5.41) is 12.8. The number of fused-ring (bicyclic) bond motifs is 1. The number of H-pyrrole nitrogens is 1. The van der Waals surface area contributed by atoms with Gasteiger partial charge < -0.3 is 15.4 Å². The number of carboxylic acid groups (broad SMARTS) is 1. The molecule has 2 rings (SSSR count). The van der Waals surface area contributed by atoms with E-state index >= 15 is 0 Å². The van der Waals surface area contributed by atoms with Crippen LogP contribution in [0.25, 0.3) is 10.8 Å². The highest BCUT2D eigenvalue weighted by Gasteiger charge is 2.26. The number of benzene rings is 1. The molecular formula is C16H18N2O4. The number of carboxylic acids is 1. The monoisotopic (exact) mass is 302 g/mol. The molecule has 1 aromatic heterocycles. The molecule has 0 saturated carbocycles. The van der Waals surface area contributed by atoms with Crippen molar-refractivity contribution in [3.63, 3.8) is 0 Å². The van der Waals surface area contributed by atoms with Crippen LogP contribution in [0.5, 0.6) is 0 Å². The molecule has 6 heteroatoms. The fourth-order valence-electron chi connectivity index (χ4n) is 2.24. The summed E-state index contributed by atoms with van der Waals surface area (Å²) in [5.41, 5.74) is -0.322. The van der Waals surface area contributed by atoms with Gasteiger partial charge in [-0.15, -0.1) is 0 Å². The lowest BCUT2D eigenvalue weighted by Crippen LogP contribution is -2.45. The Morgan fingerprint density at radius 1 is 1.32 bits per heavy atom. The normalized spacial score (nSPS) is 13.5. The molecule has 0 fully saturated rings. The molecule has 0 aliphatic heterocycles. The predicted molar refractivity (Wildman–Crippen MR) is 82.9 cm³/mol. The number of aromatic amines is 1. The molecule has 1 aromatic carbocycles. The molecule has 22 heavy (non-hydrogen) atoms. The lowest BCUT2D eigenvalue weighted by atomic mass is 9.99. The molecule has 116 valence electrons. The van der Waals surface area contributed by atoms with Crippen molar-refractivity contribution >= 4 is 22.6 Å². The minimum Gasteiger partial charge on any atom is -0.480 e. The third-order valence-electron chi connectivity index (χ3n) is 3.76. The number of hydrogen-bond acceptors (Lipinski definition) is 3. The van der Waals surface area contributed by atoms with Gasteiger partial charge in [0.15, 0.2) is 0 Å². The first kappa shape index (κ1) is 15.8. The van der Waals surface area contributed by atoms with Crippen LogP contribution in [0, 0.1) is 5.92 Å². The first-order valence-corrected chi connectivity index (χ1v) is 7.09. The Morgan fingerprint density at radius 3 is 2.64 bits per heavy atom. The summed E-state index contributed by atoms with van der Waals surface area (Å²) in [6.07, 6.45) is 0.617. The average Bonchev–Trinajstić information content (AvgIpc) is 2.51. The van der Waals surface area contributed by atoms with Gasteiger partial charge >= 0.3 is 5.97 Å². The van der Waals surface area contributed by atoms with Crippen molar-refractivity contribution in [3.05, 3.63) is 46.4 Å². The van der Waals surface area contributed by atoms with E-state index in [2.05, 4.69) is 10.3 Å². The van der Waals surface area contributed by atoms with Crippen molar-refractivity contribution in [2.45, 2.75) is 26.3 Å². The number of aromatic nitrogens is 1. The minimum absolute atomic E-state index is 0.0539. The molecule has 0 radical (unpaired) electrons. The standard InChI is InChI=1S/C16H18N2O4/c1-3-9(2)13(16(21)22)18-15(20)12-8-10-6-4-5-7-11(10)14(19)17-12/h4-9,13H,3H2,1-2H3,(H,17,19)(H,18,20)(H,21,22)/t9-,13-/m0/s1. The van der Waals surface area contributed by atoms with Crippen molar-refractivity contribution in [2.24, 2.45) is 5.92 Å². The summed E-state index contributed by atoms with van der Waals surface area (Å²) < 4.78 is 0. The van der Waals surface area contributed by atoms with Gasteiger partial charge in [0.25, 0.3) is 11.5 Å². The van der Waals surface area contributed by atoms with Crippen LogP contribution in [0.2, 0.25) is 0 Å². The number of rotatable bonds is 5. The fraction of sp³-hybridized carbons (Fsp3) is 0.312. The van der Waals surface area contributed by atoms with Crippen molar-refractivity contribution in [1.29, 1.82) is 0 Å². The maximum Gasteiger partial charge on any atom is 0.326 e. The topological polar surface area (TPSA) is 99.3 Å². The molecule has 0 aliphatic carbocycles. The largest absolute Gasteiger partial charge is 0.480 e. The lowest BCUT2D eigenvalue weighted by molar-refractivity contribution is -0.140. The molecule has 2 atom stereocenters. The quantitative estimate of drug-likeness (QED) is 0.783. The van der Waals surface area contributed by atoms with Gasteiger partial charge in [0.2, 0.25) is 0 Å². The summed E-state index contributed by atoms with van der Waals surface area (Å²) in [7, 11) is 0. The van der Waals surface area contributed by atoms with Gasteiger partial charge in [-0.3, -0.25) is 9.59 Å². The molecule has 1 heterocycles. The van der Waals surface area contributed by atoms with Crippen molar-refractivity contribution in [3.8, 4) is 0 Å². The number of pyridine rings is 1. The van der Waals surface area contributed by atoms with Crippen LogP contribution in [0.3, 0.4) is 0 Å². The van der Waals surface area contributed by atoms with Crippen LogP contribution in [0.15, 0.2) is 35.1 Å². The van der Waals surface area contributed by atoms with Gasteiger partial charge in [0.05, 0.1) is 0 Å². The van der Waals surface area contributed by atoms with Crippen LogP contribution in [0.1, 0.15) is 30.8 Å². The van der Waals surface area contributed by atoms with E-state index in [1.54, 1.807) is 37.3 Å². The van der Waals surface area contributed by atoms with Gasteiger partial charge in [-0.1, -0.05) is 38.5 Å². The zero-order valence-corrected chi connectivity index (χ0v) is 12.4. The summed E-state index contributed by atoms with van der Waals surface area (Å²) in [6, 6.07) is 7.44. The van der Waals surface area contributed by atoms with E-state index in [0.717, 1.165) is 0 Å². The van der Waals surface area contributed by atoms with E-state index in [1.165, 1.54) is 0 Å². The molecule has 2 aromatic rings. The molecule has 0 unspecified atom stereocenters. The van der Waals surface area contributed by atoms with Crippen LogP contribution in [-0.4, -0.2) is 28.0 Å². The molecule has 1 amide bonds. The van der Waals surface area contributed by atoms with Crippen LogP contribution in [0.4, 0.5) is 0 Å². The summed E-state index contributed by atoms with van der Waals surface area (Å²) in [6.45, 7) is 3.60. The molecule has 0 bridgehead atoms. The molecule has 3 N–H and O–H groups in total. The SMILES string of the molecule is CC[C@H](C)[C@H](NC(=O)c1cc2ccccc2c(=O)[nH]1)C(=O)O. The number of aliphatic carboxylic acids is 1. The van der Waals surface area contributed by atoms with Crippen LogP contribution >= 0.6 is 0 Å². The maximum absolute atomic E-state index is 12.2. The first-order valence-electron chi connectivity index (χ1n) is 7.09. The van der Waals surface area contributed by atoms with Crippen LogP contribution in [-0.2, 0) is 4.79 Å². The molecule has 6 nitrogen and oxygen atoms in total. The number of carbonyl (C=O) groups is 2. The summed E-state index contributed by atoms with van der Waals surface area (Å²) in [4.78, 5) is 37.9. The van der Waals surface area contributed by atoms with Crippen molar-refractivity contribution in [2.75, 3.05) is 0 Å². The minimum atomic E-state index is -1.09. The van der Waals surface area contributed by atoms with Gasteiger partial charge in [0.1, 0.15) is 11.7 Å². The summed E-state index contributed by atoms with van der Waals surface area (Å²) in [5.74, 6) is -1.91. The molecule has 0 spiro atoms. The van der Waals surface area contributed by atoms with Crippen LogP contribution < -0.4 is 10.9 Å². The Hall–Kier alpha value is -2.63. The van der Waals surface area contributed by atoms with E-state index in [4.69, 9.17) is 0 Å². The number of nitrogens with one attached hydrogen (secondary N) is 2. The second kappa shape index (κ2) is 6.43. The Kier molecular flexibility index (Phi) is 4.60. The highest BCUT2D eigenvalue weighted by atomic mass is 16.4. The highest BCUT2D eigenvalue weighted by Crippen LogP contribution is 2.12. The summed E-state index contributed by atoms with van der Waals surface area (Å²) >= 11 is 0. The number of amides is 1. The smallest absolute Gasteiger partial charge is 0.326 e. The number of carbonyl (C=O) groups excluding carboxylic acids is 1. The van der Waals surface area contributed by atoms with E-state index in [0.29, 0.717) is 17.2 Å². The van der Waals surface area contributed by atoms with Gasteiger partial charge in [0, 0.05) is 5.39 Å². The Balaban J connectivity index is 2.33. The Labute approximate surface area is 127 Å². The Morgan fingerprint density at radius 2 is 2.00 bits per heavy atom. The van der Waals surface area contributed by atoms with Gasteiger partial charge in [-0.05, 0) is 23.4 Å². The van der Waals surface area contributed by atoms with E-state index in [-0.39, 0.29) is 17.2 Å². The van der Waals surface area contributed by atoms with E-state index in [9.17, 15) is 19.5 Å². The fourth-order valence-corrected chi connectivity index (χ4v) is 2.24. The predicted octanol–water partition coefficient (Wildman–Crippen LogP) is 1.76. The molecule has 0 aliphatic rings. The third kappa shape index (κ3) is 3.16. The van der Waals surface area contributed by atoms with Crippen molar-refractivity contribution < 1.29 is 14.7 Å². The number of hydrogen-bond donors (Lipinski definition) is 3. The van der Waals surface area contributed by atoms with E-state index in [1.807, 2.05) is 6.92 Å². The van der Waals surface area contributed by atoms with Gasteiger partial charge in [-0.2, -0.15) is 0 Å². The third-order valence-corrected chi connectivity index (χ3v) is 3.76. The highest BCUT2D eigenvalue weighted by molar-refractivity contribution is 5.98. The second-order valence-corrected chi connectivity index (χ2v) is 5.27. The zero-order chi connectivity index (χ0) is 16.3. The molecular weight excluding hydrogens is 284 g/mol. The van der Waals surface area contributed by atoms with Gasteiger partial charge in [-0.25, -0.2) is 4.79 Å². The van der Waals surface area contributed by atoms with E-state index < -0.39 is 17.9 Å². The zero-order valence-electron chi connectivity index (χ0n) is 12.4. The maximum atomic E-state index is 12.2. The molecule has 0 saturated heterocycles.